The highest BCUT2D eigenvalue weighted by molar-refractivity contribution is 6.30. The molecule has 2 aromatic heterocycles. The van der Waals surface area contributed by atoms with E-state index in [1.165, 1.54) is 0 Å². The fourth-order valence-electron chi connectivity index (χ4n) is 2.32. The molecule has 1 N–H and O–H groups in total. The van der Waals surface area contributed by atoms with Gasteiger partial charge < -0.3 is 9.84 Å². The number of nitrogens with zero attached hydrogens (tertiary/aromatic N) is 3. The second-order valence-corrected chi connectivity index (χ2v) is 5.72. The lowest BCUT2D eigenvalue weighted by Crippen LogP contribution is -2.04. The maximum Gasteiger partial charge on any atom is 0.218 e. The summed E-state index contributed by atoms with van der Waals surface area (Å²) in [5, 5.41) is 13.9. The van der Waals surface area contributed by atoms with Gasteiger partial charge in [0.2, 0.25) is 5.88 Å². The molecule has 0 atom stereocenters. The van der Waals surface area contributed by atoms with Gasteiger partial charge in [-0.25, -0.2) is 4.98 Å². The number of fused-ring (bicyclic) bond motifs is 1. The predicted octanol–water partition coefficient (Wildman–Crippen LogP) is 3.28. The van der Waals surface area contributed by atoms with Gasteiger partial charge in [-0.15, -0.1) is 0 Å². The van der Waals surface area contributed by atoms with Crippen molar-refractivity contribution in [2.75, 3.05) is 6.61 Å². The van der Waals surface area contributed by atoms with Crippen LogP contribution in [0, 0.1) is 0 Å². The second-order valence-electron chi connectivity index (χ2n) is 5.28. The molecule has 0 saturated heterocycles. The van der Waals surface area contributed by atoms with Crippen molar-refractivity contribution in [2.24, 2.45) is 0 Å². The van der Waals surface area contributed by atoms with Crippen LogP contribution in [0.4, 0.5) is 0 Å². The van der Waals surface area contributed by atoms with Crippen LogP contribution in [-0.4, -0.2) is 26.3 Å². The van der Waals surface area contributed by atoms with Gasteiger partial charge in [0.15, 0.2) is 5.65 Å². The summed E-state index contributed by atoms with van der Waals surface area (Å²) >= 11 is 5.89. The van der Waals surface area contributed by atoms with Crippen LogP contribution in [0.2, 0.25) is 5.02 Å². The summed E-state index contributed by atoms with van der Waals surface area (Å²) in [6.07, 6.45) is 4.17. The molecule has 0 amide bonds. The molecule has 0 aliphatic rings. The molecule has 0 radical (unpaired) electrons. The number of benzene rings is 1. The molecule has 0 aliphatic heterocycles. The normalized spacial score (nSPS) is 11.0. The van der Waals surface area contributed by atoms with E-state index in [0.717, 1.165) is 36.2 Å². The molecule has 1 aromatic carbocycles. The van der Waals surface area contributed by atoms with Crippen molar-refractivity contribution >= 4 is 17.2 Å². The Kier molecular flexibility index (Phi) is 5.10. The molecule has 2 heterocycles. The van der Waals surface area contributed by atoms with E-state index in [1.807, 2.05) is 36.4 Å². The Morgan fingerprint density at radius 3 is 2.74 bits per heavy atom. The summed E-state index contributed by atoms with van der Waals surface area (Å²) in [5.41, 5.74) is 2.74. The standard InChI is InChI=1S/C17H18ClN3O2/c18-14-6-4-13(5-7-14)12-23-17-11-15(3-1-2-10-22)20-16-8-9-19-21(16)17/h4-9,11,22H,1-3,10,12H2. The first kappa shape index (κ1) is 15.8. The van der Waals surface area contributed by atoms with Crippen LogP contribution in [0.15, 0.2) is 42.6 Å². The van der Waals surface area contributed by atoms with Crippen LogP contribution in [0.25, 0.3) is 5.65 Å². The van der Waals surface area contributed by atoms with E-state index in [2.05, 4.69) is 10.1 Å². The Morgan fingerprint density at radius 1 is 1.13 bits per heavy atom. The third-order valence-electron chi connectivity index (χ3n) is 3.52. The van der Waals surface area contributed by atoms with Gasteiger partial charge in [-0.3, -0.25) is 0 Å². The van der Waals surface area contributed by atoms with Gasteiger partial charge in [0.05, 0.1) is 6.20 Å². The maximum absolute atomic E-state index is 8.90. The number of hydrogen-bond donors (Lipinski definition) is 1. The summed E-state index contributed by atoms with van der Waals surface area (Å²) in [7, 11) is 0. The molecule has 5 nitrogen and oxygen atoms in total. The topological polar surface area (TPSA) is 59.7 Å². The zero-order valence-electron chi connectivity index (χ0n) is 12.7. The highest BCUT2D eigenvalue weighted by Crippen LogP contribution is 2.18. The van der Waals surface area contributed by atoms with Crippen LogP contribution in [0.1, 0.15) is 24.1 Å². The van der Waals surface area contributed by atoms with E-state index in [1.54, 1.807) is 10.7 Å². The largest absolute Gasteiger partial charge is 0.473 e. The lowest BCUT2D eigenvalue weighted by molar-refractivity contribution is 0.282. The molecule has 6 heteroatoms. The van der Waals surface area contributed by atoms with Gasteiger partial charge in [-0.1, -0.05) is 23.7 Å². The summed E-state index contributed by atoms with van der Waals surface area (Å²) in [5.74, 6) is 0.661. The molecule has 23 heavy (non-hydrogen) atoms. The molecule has 120 valence electrons. The summed E-state index contributed by atoms with van der Waals surface area (Å²) in [6, 6.07) is 11.3. The first-order valence-corrected chi connectivity index (χ1v) is 7.96. The smallest absolute Gasteiger partial charge is 0.218 e. The zero-order chi connectivity index (χ0) is 16.1. The maximum atomic E-state index is 8.90. The van der Waals surface area contributed by atoms with E-state index < -0.39 is 0 Å². The number of halogens is 1. The van der Waals surface area contributed by atoms with E-state index in [0.29, 0.717) is 17.5 Å². The predicted molar refractivity (Wildman–Crippen MR) is 88.8 cm³/mol. The highest BCUT2D eigenvalue weighted by Gasteiger charge is 2.08. The molecule has 0 spiro atoms. The van der Waals surface area contributed by atoms with Gasteiger partial charge in [-0.2, -0.15) is 9.61 Å². The number of aliphatic hydroxyl groups excluding tert-OH is 1. The van der Waals surface area contributed by atoms with Crippen molar-refractivity contribution in [3.05, 3.63) is 58.9 Å². The average Bonchev–Trinajstić information content (AvgIpc) is 3.03. The van der Waals surface area contributed by atoms with Crippen LogP contribution in [0.5, 0.6) is 5.88 Å². The highest BCUT2D eigenvalue weighted by atomic mass is 35.5. The van der Waals surface area contributed by atoms with E-state index >= 15 is 0 Å². The van der Waals surface area contributed by atoms with E-state index in [-0.39, 0.29) is 6.61 Å². The molecule has 0 aliphatic carbocycles. The molecular weight excluding hydrogens is 314 g/mol. The molecule has 3 aromatic rings. The average molecular weight is 332 g/mol. The zero-order valence-corrected chi connectivity index (χ0v) is 13.4. The lowest BCUT2D eigenvalue weighted by atomic mass is 10.2. The van der Waals surface area contributed by atoms with Crippen molar-refractivity contribution < 1.29 is 9.84 Å². The van der Waals surface area contributed by atoms with Crippen LogP contribution in [-0.2, 0) is 13.0 Å². The molecule has 0 fully saturated rings. The fourth-order valence-corrected chi connectivity index (χ4v) is 2.45. The van der Waals surface area contributed by atoms with Crippen LogP contribution >= 0.6 is 11.6 Å². The SMILES string of the molecule is OCCCCc1cc(OCc2ccc(Cl)cc2)n2nccc2n1. The monoisotopic (exact) mass is 331 g/mol. The van der Waals surface area contributed by atoms with Crippen molar-refractivity contribution in [2.45, 2.75) is 25.9 Å². The van der Waals surface area contributed by atoms with Gasteiger partial charge >= 0.3 is 0 Å². The lowest BCUT2D eigenvalue weighted by Gasteiger charge is -2.10. The number of hydrogen-bond acceptors (Lipinski definition) is 4. The number of unbranched alkanes of at least 4 members (excludes halogenated alkanes) is 1. The number of aromatic nitrogens is 3. The van der Waals surface area contributed by atoms with E-state index in [4.69, 9.17) is 21.4 Å². The Bertz CT molecular complexity index is 771. The Morgan fingerprint density at radius 2 is 1.96 bits per heavy atom. The third-order valence-corrected chi connectivity index (χ3v) is 3.77. The molecular formula is C17H18ClN3O2. The first-order chi connectivity index (χ1) is 11.3. The van der Waals surface area contributed by atoms with Crippen molar-refractivity contribution in [3.8, 4) is 5.88 Å². The Balaban J connectivity index is 1.77. The summed E-state index contributed by atoms with van der Waals surface area (Å²) in [4.78, 5) is 4.56. The van der Waals surface area contributed by atoms with E-state index in [9.17, 15) is 0 Å². The molecule has 0 bridgehead atoms. The van der Waals surface area contributed by atoms with Crippen LogP contribution < -0.4 is 4.74 Å². The van der Waals surface area contributed by atoms with Crippen LogP contribution in [0.3, 0.4) is 0 Å². The first-order valence-electron chi connectivity index (χ1n) is 7.58. The van der Waals surface area contributed by atoms with Crippen molar-refractivity contribution in [1.82, 2.24) is 14.6 Å². The third kappa shape index (κ3) is 4.00. The number of rotatable bonds is 7. The molecule has 0 unspecified atom stereocenters. The summed E-state index contributed by atoms with van der Waals surface area (Å²) in [6.45, 7) is 0.640. The number of ether oxygens (including phenoxy) is 1. The van der Waals surface area contributed by atoms with Gasteiger partial charge in [-0.05, 0) is 37.0 Å². The van der Waals surface area contributed by atoms with Gasteiger partial charge in [0.25, 0.3) is 0 Å². The minimum absolute atomic E-state index is 0.203. The summed E-state index contributed by atoms with van der Waals surface area (Å²) < 4.78 is 7.60. The van der Waals surface area contributed by atoms with Gasteiger partial charge in [0, 0.05) is 29.5 Å². The van der Waals surface area contributed by atoms with Crippen molar-refractivity contribution in [3.63, 3.8) is 0 Å². The second kappa shape index (κ2) is 7.44. The van der Waals surface area contributed by atoms with Gasteiger partial charge in [0.1, 0.15) is 6.61 Å². The fraction of sp³-hybridized carbons (Fsp3) is 0.294. The number of aliphatic hydroxyl groups is 1. The Hall–Kier alpha value is -2.11. The number of aryl methyl sites for hydroxylation is 1. The quantitative estimate of drug-likeness (QED) is 0.675. The van der Waals surface area contributed by atoms with Crippen molar-refractivity contribution in [1.29, 1.82) is 0 Å². The Labute approximate surface area is 139 Å². The minimum atomic E-state index is 0.203. The minimum Gasteiger partial charge on any atom is -0.473 e. The molecule has 3 rings (SSSR count). The molecule has 0 saturated carbocycles.